The molecule has 2 aromatic carbocycles. The van der Waals surface area contributed by atoms with Crippen LogP contribution in [0.1, 0.15) is 57.1 Å². The molecule has 30 heavy (non-hydrogen) atoms. The van der Waals surface area contributed by atoms with Crippen molar-refractivity contribution in [3.63, 3.8) is 0 Å². The van der Waals surface area contributed by atoms with Gasteiger partial charge in [0.15, 0.2) is 5.66 Å². The smallest absolute Gasteiger partial charge is 0.239 e. The van der Waals surface area contributed by atoms with Gasteiger partial charge in [-0.15, -0.1) is 0 Å². The van der Waals surface area contributed by atoms with E-state index in [1.165, 1.54) is 0 Å². The number of carbonyl (C=O) groups is 2. The highest BCUT2D eigenvalue weighted by molar-refractivity contribution is 6.09. The molecule has 2 amide bonds. The first-order chi connectivity index (χ1) is 14.6. The van der Waals surface area contributed by atoms with E-state index in [-0.39, 0.29) is 11.8 Å². The number of hydrogen-bond acceptors (Lipinski definition) is 2. The molecule has 1 spiro atoms. The minimum absolute atomic E-state index is 0.185. The van der Waals surface area contributed by atoms with E-state index in [1.807, 2.05) is 36.4 Å². The fraction of sp³-hybridized carbons (Fsp3) is 0.462. The molecule has 2 aromatic rings. The molecular formula is C26H30N2O2. The van der Waals surface area contributed by atoms with Crippen LogP contribution in [0.4, 0.5) is 0 Å². The highest BCUT2D eigenvalue weighted by atomic mass is 16.2. The lowest BCUT2D eigenvalue weighted by molar-refractivity contribution is -0.273. The quantitative estimate of drug-likeness (QED) is 0.718. The summed E-state index contributed by atoms with van der Waals surface area (Å²) in [7, 11) is 0. The van der Waals surface area contributed by atoms with Crippen molar-refractivity contribution in [1.82, 2.24) is 9.80 Å². The fourth-order valence-electron chi connectivity index (χ4n) is 6.92. The van der Waals surface area contributed by atoms with Crippen LogP contribution in [0.25, 0.3) is 0 Å². The average Bonchev–Trinajstić information content (AvgIpc) is 2.78. The van der Waals surface area contributed by atoms with Gasteiger partial charge in [-0.2, -0.15) is 0 Å². The van der Waals surface area contributed by atoms with Crippen LogP contribution in [0.2, 0.25) is 0 Å². The number of hydrogen-bond donors (Lipinski definition) is 0. The summed E-state index contributed by atoms with van der Waals surface area (Å²) in [6, 6.07) is 20.4. The standard InChI is InChI=1S/C26H30N2O2/c1-3-24(20-14-8-5-9-15-20)22(29)27-18-12-7-13-19-28-23(30)25(4-2,26(24,27)28)21-16-10-6-11-17-21/h5-6,8-11,14-17H,3-4,7,12-13,18-19H2,1-2H3. The van der Waals surface area contributed by atoms with Gasteiger partial charge in [-0.1, -0.05) is 74.5 Å². The van der Waals surface area contributed by atoms with Crippen LogP contribution < -0.4 is 0 Å². The SMILES string of the molecule is CCC1(c2ccccc2)C(=O)N2CCCCCN3C(=O)C(CC)(c4ccccc4)C231. The Kier molecular flexibility index (Phi) is 4.32. The van der Waals surface area contributed by atoms with Gasteiger partial charge in [-0.25, -0.2) is 0 Å². The minimum Gasteiger partial charge on any atom is -0.316 e. The van der Waals surface area contributed by atoms with Crippen molar-refractivity contribution in [3.05, 3.63) is 71.8 Å². The lowest BCUT2D eigenvalue weighted by Crippen LogP contribution is -3.00. The van der Waals surface area contributed by atoms with Gasteiger partial charge in [0.2, 0.25) is 11.8 Å². The van der Waals surface area contributed by atoms with E-state index in [0.717, 1.165) is 43.5 Å². The summed E-state index contributed by atoms with van der Waals surface area (Å²) < 4.78 is 0. The molecule has 0 aliphatic carbocycles. The number of carbonyl (C=O) groups excluding carboxylic acids is 2. The van der Waals surface area contributed by atoms with Crippen LogP contribution in [-0.2, 0) is 20.4 Å². The third kappa shape index (κ3) is 1.89. The van der Waals surface area contributed by atoms with Crippen molar-refractivity contribution >= 4 is 11.8 Å². The number of rotatable bonds is 4. The zero-order valence-corrected chi connectivity index (χ0v) is 17.9. The lowest BCUT2D eigenvalue weighted by atomic mass is 9.42. The van der Waals surface area contributed by atoms with Crippen LogP contribution in [0.15, 0.2) is 60.7 Å². The van der Waals surface area contributed by atoms with E-state index in [4.69, 9.17) is 0 Å². The van der Waals surface area contributed by atoms with E-state index >= 15 is 0 Å². The molecule has 0 radical (unpaired) electrons. The zero-order chi connectivity index (χ0) is 21.0. The van der Waals surface area contributed by atoms with Crippen LogP contribution >= 0.6 is 0 Å². The largest absolute Gasteiger partial charge is 0.316 e. The summed E-state index contributed by atoms with van der Waals surface area (Å²) in [5.41, 5.74) is 0.0542. The van der Waals surface area contributed by atoms with Gasteiger partial charge in [-0.3, -0.25) is 9.59 Å². The van der Waals surface area contributed by atoms with Gasteiger partial charge in [0, 0.05) is 13.1 Å². The third-order valence-electron chi connectivity index (χ3n) is 8.05. The highest BCUT2D eigenvalue weighted by Crippen LogP contribution is 2.69. The number of amides is 2. The first-order valence-electron chi connectivity index (χ1n) is 11.4. The number of benzene rings is 2. The Bertz CT molecular complexity index is 894. The first-order valence-corrected chi connectivity index (χ1v) is 11.4. The van der Waals surface area contributed by atoms with E-state index < -0.39 is 16.5 Å². The molecule has 2 atom stereocenters. The van der Waals surface area contributed by atoms with Crippen LogP contribution in [0.5, 0.6) is 0 Å². The maximum absolute atomic E-state index is 13.9. The summed E-state index contributed by atoms with van der Waals surface area (Å²) in [6.07, 6.45) is 4.42. The third-order valence-corrected chi connectivity index (χ3v) is 8.05. The van der Waals surface area contributed by atoms with Crippen LogP contribution in [-0.4, -0.2) is 40.4 Å². The number of nitrogens with zero attached hydrogens (tertiary/aromatic N) is 2. The molecule has 0 bridgehead atoms. The zero-order valence-electron chi connectivity index (χ0n) is 17.9. The van der Waals surface area contributed by atoms with Crippen molar-refractivity contribution in [2.24, 2.45) is 0 Å². The van der Waals surface area contributed by atoms with E-state index in [2.05, 4.69) is 47.9 Å². The molecule has 2 unspecified atom stereocenters. The molecule has 4 heteroatoms. The Balaban J connectivity index is 1.82. The molecule has 3 fully saturated rings. The molecule has 3 aliphatic heterocycles. The predicted molar refractivity (Wildman–Crippen MR) is 117 cm³/mol. The maximum atomic E-state index is 13.9. The van der Waals surface area contributed by atoms with Gasteiger partial charge in [-0.05, 0) is 43.2 Å². The van der Waals surface area contributed by atoms with E-state index in [9.17, 15) is 9.59 Å². The van der Waals surface area contributed by atoms with E-state index in [1.54, 1.807) is 0 Å². The van der Waals surface area contributed by atoms with Gasteiger partial charge in [0.25, 0.3) is 0 Å². The number of β-lactam (4-membered cyclic amide) rings is 2. The summed E-state index contributed by atoms with van der Waals surface area (Å²) >= 11 is 0. The summed E-state index contributed by atoms with van der Waals surface area (Å²) in [5, 5.41) is 0. The van der Waals surface area contributed by atoms with Crippen molar-refractivity contribution < 1.29 is 9.59 Å². The topological polar surface area (TPSA) is 40.6 Å². The van der Waals surface area contributed by atoms with E-state index in [0.29, 0.717) is 12.8 Å². The minimum atomic E-state index is -0.703. The Morgan fingerprint density at radius 3 is 1.43 bits per heavy atom. The Morgan fingerprint density at radius 1 is 0.667 bits per heavy atom. The van der Waals surface area contributed by atoms with Crippen LogP contribution in [0, 0.1) is 0 Å². The van der Waals surface area contributed by atoms with Crippen molar-refractivity contribution in [3.8, 4) is 0 Å². The van der Waals surface area contributed by atoms with Crippen LogP contribution in [0.3, 0.4) is 0 Å². The predicted octanol–water partition coefficient (Wildman–Crippen LogP) is 4.25. The summed E-state index contributed by atoms with van der Waals surface area (Å²) in [6.45, 7) is 5.68. The summed E-state index contributed by atoms with van der Waals surface area (Å²) in [5.74, 6) is 0.369. The van der Waals surface area contributed by atoms with Gasteiger partial charge >= 0.3 is 0 Å². The molecule has 3 heterocycles. The second kappa shape index (κ2) is 6.69. The molecule has 0 saturated carbocycles. The summed E-state index contributed by atoms with van der Waals surface area (Å²) in [4.78, 5) is 32.0. The Labute approximate surface area is 178 Å². The molecule has 0 aromatic heterocycles. The Hall–Kier alpha value is -2.62. The monoisotopic (exact) mass is 402 g/mol. The molecule has 0 N–H and O–H groups in total. The molecule has 156 valence electrons. The van der Waals surface area contributed by atoms with Crippen molar-refractivity contribution in [2.45, 2.75) is 62.4 Å². The molecule has 3 aliphatic rings. The van der Waals surface area contributed by atoms with Gasteiger partial charge in [0.1, 0.15) is 10.8 Å². The van der Waals surface area contributed by atoms with Gasteiger partial charge < -0.3 is 9.80 Å². The molecule has 4 nitrogen and oxygen atoms in total. The first kappa shape index (κ1) is 19.3. The second-order valence-corrected chi connectivity index (χ2v) is 8.90. The van der Waals surface area contributed by atoms with Gasteiger partial charge in [0.05, 0.1) is 0 Å². The Morgan fingerprint density at radius 2 is 1.07 bits per heavy atom. The van der Waals surface area contributed by atoms with Crippen molar-refractivity contribution in [1.29, 1.82) is 0 Å². The highest BCUT2D eigenvalue weighted by Gasteiger charge is 2.88. The lowest BCUT2D eigenvalue weighted by Gasteiger charge is -2.80. The normalized spacial score (nSPS) is 33.0. The molecular weight excluding hydrogens is 372 g/mol. The second-order valence-electron chi connectivity index (χ2n) is 8.90. The fourth-order valence-corrected chi connectivity index (χ4v) is 6.92. The van der Waals surface area contributed by atoms with Crippen molar-refractivity contribution in [2.75, 3.05) is 13.1 Å². The molecule has 3 saturated heterocycles. The molecule has 5 rings (SSSR count). The average molecular weight is 403 g/mol. The maximum Gasteiger partial charge on any atom is 0.239 e.